The molecule has 0 saturated heterocycles. The molecule has 1 aromatic rings. The Morgan fingerprint density at radius 1 is 1.15 bits per heavy atom. The van der Waals surface area contributed by atoms with E-state index in [1.165, 1.54) is 15.1 Å². The second-order valence-electron chi connectivity index (χ2n) is 6.84. The van der Waals surface area contributed by atoms with Gasteiger partial charge in [-0.2, -0.15) is 0 Å². The summed E-state index contributed by atoms with van der Waals surface area (Å²) in [4.78, 5) is 10.5. The summed E-state index contributed by atoms with van der Waals surface area (Å²) in [6.07, 6.45) is 0. The van der Waals surface area contributed by atoms with Crippen molar-refractivity contribution in [1.29, 1.82) is 0 Å². The van der Waals surface area contributed by atoms with Crippen LogP contribution in [0.15, 0.2) is 4.99 Å². The van der Waals surface area contributed by atoms with Crippen LogP contribution in [0.4, 0.5) is 11.5 Å². The quantitative estimate of drug-likeness (QED) is 0.260. The van der Waals surface area contributed by atoms with Crippen molar-refractivity contribution in [3.63, 3.8) is 0 Å². The normalized spacial score (nSPS) is 13.8. The van der Waals surface area contributed by atoms with Crippen LogP contribution < -0.4 is 4.48 Å². The van der Waals surface area contributed by atoms with E-state index in [1.54, 1.807) is 0 Å². The SMILES string of the molecule is C=Nc1c([N+](C)(C)C(C)C)[nH]c(I(C)[N+](C)(C)C)c1C. The van der Waals surface area contributed by atoms with Gasteiger partial charge >= 0.3 is 132 Å². The molecule has 0 unspecified atom stereocenters. The van der Waals surface area contributed by atoms with E-state index in [0.29, 0.717) is 6.04 Å². The van der Waals surface area contributed by atoms with Crippen LogP contribution in [-0.4, -0.2) is 60.6 Å². The summed E-state index contributed by atoms with van der Waals surface area (Å²) < 4.78 is 3.26. The third-order valence-electron chi connectivity index (χ3n) is 4.20. The van der Waals surface area contributed by atoms with Gasteiger partial charge in [-0.05, 0) is 0 Å². The van der Waals surface area contributed by atoms with Gasteiger partial charge in [0.1, 0.15) is 0 Å². The predicted octanol–water partition coefficient (Wildman–Crippen LogP) is 3.56. The second-order valence-corrected chi connectivity index (χ2v) is 13.3. The van der Waals surface area contributed by atoms with Crippen LogP contribution in [0.1, 0.15) is 19.4 Å². The molecular weight excluding hydrogens is 363 g/mol. The van der Waals surface area contributed by atoms with Crippen LogP contribution in [0, 0.1) is 10.6 Å². The van der Waals surface area contributed by atoms with Gasteiger partial charge in [-0.1, -0.05) is 0 Å². The number of aromatic nitrogens is 1. The first-order valence-electron chi connectivity index (χ1n) is 6.90. The number of hydrogen-bond donors (Lipinski definition) is 1. The first kappa shape index (κ1) is 17.7. The molecule has 0 radical (unpaired) electrons. The Morgan fingerprint density at radius 2 is 1.65 bits per heavy atom. The number of nitrogens with one attached hydrogen (secondary N) is 1. The van der Waals surface area contributed by atoms with Crippen LogP contribution in [0.25, 0.3) is 0 Å². The van der Waals surface area contributed by atoms with Gasteiger partial charge in [0.25, 0.3) is 0 Å². The van der Waals surface area contributed by atoms with Gasteiger partial charge in [-0.15, -0.1) is 0 Å². The number of rotatable bonds is 5. The molecule has 0 aliphatic carbocycles. The Hall–Kier alpha value is -0.400. The Morgan fingerprint density at radius 3 is 2.00 bits per heavy atom. The average Bonchev–Trinajstić information content (AvgIpc) is 2.64. The zero-order chi connectivity index (χ0) is 15.9. The van der Waals surface area contributed by atoms with E-state index in [1.807, 2.05) is 0 Å². The summed E-state index contributed by atoms with van der Waals surface area (Å²) in [5.74, 6) is 1.19. The maximum absolute atomic E-state index is 4.33. The molecule has 0 atom stereocenters. The average molecular weight is 394 g/mol. The molecule has 0 amide bonds. The molecule has 1 rings (SSSR count). The summed E-state index contributed by atoms with van der Waals surface area (Å²) >= 11 is -1.32. The van der Waals surface area contributed by atoms with E-state index in [0.717, 1.165) is 12.9 Å². The molecule has 0 aromatic carbocycles. The van der Waals surface area contributed by atoms with Crippen LogP contribution in [0.3, 0.4) is 0 Å². The van der Waals surface area contributed by atoms with Crippen molar-refractivity contribution >= 4 is 38.3 Å². The van der Waals surface area contributed by atoms with Crippen molar-refractivity contribution in [3.05, 3.63) is 9.26 Å². The number of aliphatic imine (C=N–C) groups is 1. The summed E-state index contributed by atoms with van der Waals surface area (Å²) in [5, 5.41) is 0. The topological polar surface area (TPSA) is 28.1 Å². The van der Waals surface area contributed by atoms with Gasteiger partial charge in [0.15, 0.2) is 0 Å². The Kier molecular flexibility index (Phi) is 5.09. The Labute approximate surface area is 131 Å². The van der Waals surface area contributed by atoms with Gasteiger partial charge < -0.3 is 0 Å². The summed E-state index contributed by atoms with van der Waals surface area (Å²) in [6, 6.07) is 0.490. The monoisotopic (exact) mass is 394 g/mol. The molecule has 0 spiro atoms. The molecule has 0 saturated carbocycles. The number of alkyl halides is 1. The Balaban J connectivity index is 3.48. The maximum atomic E-state index is 4.33. The van der Waals surface area contributed by atoms with E-state index >= 15 is 0 Å². The number of nitrogens with zero attached hydrogens (tertiary/aromatic N) is 3. The van der Waals surface area contributed by atoms with Crippen molar-refractivity contribution in [3.8, 4) is 0 Å². The van der Waals surface area contributed by atoms with E-state index in [2.05, 4.69) is 77.6 Å². The number of halogens is 1. The van der Waals surface area contributed by atoms with Crippen molar-refractivity contribution < 1.29 is 2.70 Å². The van der Waals surface area contributed by atoms with E-state index < -0.39 is 20.1 Å². The number of hydrogen-bond acceptors (Lipinski definition) is 1. The van der Waals surface area contributed by atoms with Gasteiger partial charge in [-0.3, -0.25) is 0 Å². The third-order valence-corrected chi connectivity index (χ3v) is 11.2. The summed E-state index contributed by atoms with van der Waals surface area (Å²) in [7, 11) is 11.3. The molecule has 0 bridgehead atoms. The molecule has 1 heterocycles. The third kappa shape index (κ3) is 3.09. The zero-order valence-corrected chi connectivity index (χ0v) is 16.7. The number of aromatic amines is 1. The fourth-order valence-corrected chi connectivity index (χ4v) is 5.45. The Bertz CT molecular complexity index is 495. The zero-order valence-electron chi connectivity index (χ0n) is 14.5. The van der Waals surface area contributed by atoms with Gasteiger partial charge in [0.05, 0.1) is 0 Å². The molecule has 0 aliphatic heterocycles. The molecule has 4 nitrogen and oxygen atoms in total. The fraction of sp³-hybridized carbons (Fsp3) is 0.667. The van der Waals surface area contributed by atoms with E-state index in [4.69, 9.17) is 0 Å². The minimum atomic E-state index is -1.32. The van der Waals surface area contributed by atoms with Crippen molar-refractivity contribution in [2.24, 2.45) is 4.99 Å². The van der Waals surface area contributed by atoms with E-state index in [-0.39, 0.29) is 0 Å². The summed E-state index contributed by atoms with van der Waals surface area (Å²) in [6.45, 7) is 10.5. The van der Waals surface area contributed by atoms with Crippen LogP contribution in [0.2, 0.25) is 0 Å². The first-order valence-corrected chi connectivity index (χ1v) is 11.1. The van der Waals surface area contributed by atoms with E-state index in [9.17, 15) is 0 Å². The molecule has 5 heteroatoms. The van der Waals surface area contributed by atoms with Crippen LogP contribution in [0.5, 0.6) is 0 Å². The minimum absolute atomic E-state index is 0.490. The molecule has 116 valence electrons. The van der Waals surface area contributed by atoms with Gasteiger partial charge in [0, 0.05) is 0 Å². The van der Waals surface area contributed by atoms with Gasteiger partial charge in [-0.25, -0.2) is 0 Å². The molecule has 0 fully saturated rings. The molecule has 0 aliphatic rings. The number of quaternary nitrogens is 2. The second kappa shape index (κ2) is 5.77. The van der Waals surface area contributed by atoms with Crippen LogP contribution in [-0.2, 0) is 0 Å². The summed E-state index contributed by atoms with van der Waals surface area (Å²) in [5.41, 5.74) is 2.35. The molecular formula is C15H31IN4+2. The van der Waals surface area contributed by atoms with Crippen molar-refractivity contribution in [2.75, 3.05) is 40.2 Å². The van der Waals surface area contributed by atoms with Crippen molar-refractivity contribution in [1.82, 2.24) is 9.47 Å². The fourth-order valence-electron chi connectivity index (χ4n) is 1.93. The number of H-pyrrole nitrogens is 1. The standard InChI is InChI=1S/C15H31IN4/c1-11(2)20(9,10)15-13(17-5)12(3)14(18-15)16(4)19(6,7)8/h11,18H,5H2,1-4,6-10H3/q+2. The van der Waals surface area contributed by atoms with Crippen LogP contribution >= 0.6 is 20.1 Å². The molecule has 1 aromatic heterocycles. The predicted molar refractivity (Wildman–Crippen MR) is 100 cm³/mol. The van der Waals surface area contributed by atoms with Gasteiger partial charge in [0.2, 0.25) is 0 Å². The molecule has 1 N–H and O–H groups in total. The molecule has 20 heavy (non-hydrogen) atoms. The first-order chi connectivity index (χ1) is 8.94. The van der Waals surface area contributed by atoms with Crippen molar-refractivity contribution in [2.45, 2.75) is 26.8 Å².